The Kier molecular flexibility index (Phi) is 6.55. The van der Waals surface area contributed by atoms with Crippen LogP contribution < -0.4 is 5.32 Å². The Morgan fingerprint density at radius 1 is 0.971 bits per heavy atom. The number of hydrogen-bond donors (Lipinski definition) is 1. The first-order valence-electron chi connectivity index (χ1n) is 12.2. The molecule has 1 unspecified atom stereocenters. The Labute approximate surface area is 200 Å². The Bertz CT molecular complexity index is 973. The largest absolute Gasteiger partial charge is 0.366 e. The molecule has 0 radical (unpaired) electrons. The number of piperidine rings is 2. The number of carbonyl (C=O) groups excluding carboxylic acids is 2. The van der Waals surface area contributed by atoms with Crippen LogP contribution >= 0.6 is 0 Å². The molecular weight excluding hydrogens is 433 g/mol. The highest BCUT2D eigenvalue weighted by molar-refractivity contribution is 5.79. The molecular formula is C27H32FN3O3. The molecule has 0 bridgehead atoms. The van der Waals surface area contributed by atoms with Gasteiger partial charge in [-0.25, -0.2) is 9.18 Å². The summed E-state index contributed by atoms with van der Waals surface area (Å²) < 4.78 is 19.2. The van der Waals surface area contributed by atoms with Gasteiger partial charge in [0.25, 0.3) is 0 Å². The molecule has 2 aromatic rings. The van der Waals surface area contributed by atoms with Crippen LogP contribution in [-0.2, 0) is 9.53 Å². The van der Waals surface area contributed by atoms with Crippen molar-refractivity contribution in [2.75, 3.05) is 32.8 Å². The highest BCUT2D eigenvalue weighted by atomic mass is 19.1. The average Bonchev–Trinajstić information content (AvgIpc) is 2.86. The molecule has 5 rings (SSSR count). The first-order chi connectivity index (χ1) is 16.5. The maximum atomic E-state index is 13.6. The molecule has 0 spiro atoms. The summed E-state index contributed by atoms with van der Waals surface area (Å²) in [5.74, 6) is 0.201. The van der Waals surface area contributed by atoms with Crippen LogP contribution in [0.25, 0.3) is 0 Å². The zero-order chi connectivity index (χ0) is 23.7. The van der Waals surface area contributed by atoms with Crippen molar-refractivity contribution in [3.8, 4) is 0 Å². The SMILES string of the molecule is Cc1ccc([C@@H](c2ccc(F)cc2)C2CCN(C(=O)N3CCC4OCC(=O)N[C@@H]4C3)CC2)cc1. The number of amides is 3. The van der Waals surface area contributed by atoms with Gasteiger partial charge in [-0.15, -0.1) is 0 Å². The number of halogens is 1. The molecule has 2 aromatic carbocycles. The molecule has 1 N–H and O–H groups in total. The van der Waals surface area contributed by atoms with Gasteiger partial charge in [0.1, 0.15) is 12.4 Å². The molecule has 6 nitrogen and oxygen atoms in total. The van der Waals surface area contributed by atoms with E-state index in [2.05, 4.69) is 36.5 Å². The van der Waals surface area contributed by atoms with Crippen molar-refractivity contribution in [3.05, 3.63) is 71.0 Å². The minimum atomic E-state index is -0.227. The van der Waals surface area contributed by atoms with Crippen molar-refractivity contribution in [3.63, 3.8) is 0 Å². The molecule has 3 heterocycles. The molecule has 0 saturated carbocycles. The number of fused-ring (bicyclic) bond motifs is 1. The second-order valence-electron chi connectivity index (χ2n) is 9.81. The summed E-state index contributed by atoms with van der Waals surface area (Å²) in [6.07, 6.45) is 2.52. The predicted molar refractivity (Wildman–Crippen MR) is 127 cm³/mol. The van der Waals surface area contributed by atoms with Crippen LogP contribution in [0, 0.1) is 18.7 Å². The molecule has 3 aliphatic heterocycles. The lowest BCUT2D eigenvalue weighted by atomic mass is 9.76. The molecule has 3 fully saturated rings. The van der Waals surface area contributed by atoms with E-state index in [9.17, 15) is 14.0 Å². The number of aryl methyl sites for hydroxylation is 1. The van der Waals surface area contributed by atoms with Gasteiger partial charge < -0.3 is 19.9 Å². The van der Waals surface area contributed by atoms with E-state index in [1.807, 2.05) is 21.9 Å². The summed E-state index contributed by atoms with van der Waals surface area (Å²) in [5, 5.41) is 2.97. The van der Waals surface area contributed by atoms with E-state index >= 15 is 0 Å². The van der Waals surface area contributed by atoms with Crippen molar-refractivity contribution >= 4 is 11.9 Å². The summed E-state index contributed by atoms with van der Waals surface area (Å²) in [7, 11) is 0. The number of morpholine rings is 1. The van der Waals surface area contributed by atoms with Gasteiger partial charge in [0.15, 0.2) is 0 Å². The van der Waals surface area contributed by atoms with Crippen molar-refractivity contribution in [2.24, 2.45) is 5.92 Å². The molecule has 180 valence electrons. The lowest BCUT2D eigenvalue weighted by Crippen LogP contribution is -2.62. The lowest BCUT2D eigenvalue weighted by Gasteiger charge is -2.44. The number of nitrogens with one attached hydrogen (secondary N) is 1. The molecule has 3 amide bonds. The second-order valence-corrected chi connectivity index (χ2v) is 9.81. The van der Waals surface area contributed by atoms with Crippen LogP contribution in [0.5, 0.6) is 0 Å². The lowest BCUT2D eigenvalue weighted by molar-refractivity contribution is -0.139. The fourth-order valence-electron chi connectivity index (χ4n) is 5.68. The van der Waals surface area contributed by atoms with Crippen LogP contribution in [0.4, 0.5) is 9.18 Å². The summed E-state index contributed by atoms with van der Waals surface area (Å²) in [6, 6.07) is 15.4. The van der Waals surface area contributed by atoms with Gasteiger partial charge in [-0.3, -0.25) is 4.79 Å². The summed E-state index contributed by atoms with van der Waals surface area (Å²) in [5.41, 5.74) is 3.56. The minimum Gasteiger partial charge on any atom is -0.366 e. The van der Waals surface area contributed by atoms with Crippen LogP contribution in [-0.4, -0.2) is 66.7 Å². The highest BCUT2D eigenvalue weighted by Crippen LogP contribution is 2.38. The van der Waals surface area contributed by atoms with Crippen LogP contribution in [0.15, 0.2) is 48.5 Å². The average molecular weight is 466 g/mol. The van der Waals surface area contributed by atoms with Crippen molar-refractivity contribution in [1.82, 2.24) is 15.1 Å². The van der Waals surface area contributed by atoms with E-state index in [0.29, 0.717) is 32.1 Å². The third-order valence-electron chi connectivity index (χ3n) is 7.54. The van der Waals surface area contributed by atoms with Crippen molar-refractivity contribution in [2.45, 2.75) is 44.2 Å². The highest BCUT2D eigenvalue weighted by Gasteiger charge is 2.38. The number of nitrogens with zero attached hydrogens (tertiary/aromatic N) is 2. The fraction of sp³-hybridized carbons (Fsp3) is 0.481. The third-order valence-corrected chi connectivity index (χ3v) is 7.54. The van der Waals surface area contributed by atoms with E-state index in [4.69, 9.17) is 4.74 Å². The maximum absolute atomic E-state index is 13.6. The van der Waals surface area contributed by atoms with Gasteiger partial charge in [0.05, 0.1) is 12.1 Å². The van der Waals surface area contributed by atoms with E-state index in [1.54, 1.807) is 0 Å². The molecule has 34 heavy (non-hydrogen) atoms. The zero-order valence-corrected chi connectivity index (χ0v) is 19.6. The van der Waals surface area contributed by atoms with Gasteiger partial charge in [-0.1, -0.05) is 42.0 Å². The number of ether oxygens (including phenoxy) is 1. The van der Waals surface area contributed by atoms with E-state index in [1.165, 1.54) is 23.3 Å². The molecule has 0 aromatic heterocycles. The fourth-order valence-corrected chi connectivity index (χ4v) is 5.68. The Hall–Kier alpha value is -2.93. The smallest absolute Gasteiger partial charge is 0.320 e. The molecule has 7 heteroatoms. The van der Waals surface area contributed by atoms with Crippen molar-refractivity contribution < 1.29 is 18.7 Å². The van der Waals surface area contributed by atoms with Gasteiger partial charge in [-0.2, -0.15) is 0 Å². The molecule has 3 atom stereocenters. The van der Waals surface area contributed by atoms with Crippen LogP contribution in [0.2, 0.25) is 0 Å². The Morgan fingerprint density at radius 2 is 1.59 bits per heavy atom. The van der Waals surface area contributed by atoms with Gasteiger partial charge in [0, 0.05) is 32.1 Å². The Balaban J connectivity index is 1.26. The normalized spacial score (nSPS) is 24.4. The first-order valence-corrected chi connectivity index (χ1v) is 12.2. The standard InChI is InChI=1S/C27H32FN3O3/c1-18-2-4-19(5-3-18)26(20-6-8-22(28)9-7-20)21-10-13-30(14-11-21)27(33)31-15-12-24-23(16-31)29-25(32)17-34-24/h2-9,21,23-24,26H,10-17H2,1H3,(H,29,32)/t23-,24?,26+/m1/s1. The van der Waals surface area contributed by atoms with Gasteiger partial charge >= 0.3 is 6.03 Å². The van der Waals surface area contributed by atoms with Crippen molar-refractivity contribution in [1.29, 1.82) is 0 Å². The van der Waals surface area contributed by atoms with Crippen LogP contribution in [0.3, 0.4) is 0 Å². The van der Waals surface area contributed by atoms with Crippen LogP contribution in [0.1, 0.15) is 41.9 Å². The van der Waals surface area contributed by atoms with E-state index < -0.39 is 0 Å². The monoisotopic (exact) mass is 465 g/mol. The van der Waals surface area contributed by atoms with E-state index in [0.717, 1.165) is 24.8 Å². The zero-order valence-electron chi connectivity index (χ0n) is 19.6. The number of rotatable bonds is 3. The predicted octanol–water partition coefficient (Wildman–Crippen LogP) is 3.69. The number of likely N-dealkylation sites (tertiary alicyclic amines) is 2. The second kappa shape index (κ2) is 9.74. The minimum absolute atomic E-state index is 0.00142. The third kappa shape index (κ3) is 4.80. The Morgan fingerprint density at radius 3 is 2.26 bits per heavy atom. The maximum Gasteiger partial charge on any atom is 0.320 e. The molecule has 0 aliphatic carbocycles. The molecule has 3 aliphatic rings. The van der Waals surface area contributed by atoms with Gasteiger partial charge in [-0.05, 0) is 55.4 Å². The van der Waals surface area contributed by atoms with Gasteiger partial charge in [0.2, 0.25) is 5.91 Å². The quantitative estimate of drug-likeness (QED) is 0.752. The first kappa shape index (κ1) is 22.8. The summed E-state index contributed by atoms with van der Waals surface area (Å²) in [6.45, 7) is 4.72. The number of hydrogen-bond acceptors (Lipinski definition) is 3. The number of benzene rings is 2. The summed E-state index contributed by atoms with van der Waals surface area (Å²) >= 11 is 0. The number of carbonyl (C=O) groups is 2. The topological polar surface area (TPSA) is 61.9 Å². The summed E-state index contributed by atoms with van der Waals surface area (Å²) in [4.78, 5) is 28.8. The molecule has 3 saturated heterocycles. The van der Waals surface area contributed by atoms with E-state index in [-0.39, 0.29) is 42.4 Å². The number of urea groups is 1.